The Kier molecular flexibility index (Phi) is 4.60. The van der Waals surface area contributed by atoms with Gasteiger partial charge >= 0.3 is 0 Å². The van der Waals surface area contributed by atoms with Crippen LogP contribution in [0.3, 0.4) is 0 Å². The lowest BCUT2D eigenvalue weighted by molar-refractivity contribution is -0.384. The van der Waals surface area contributed by atoms with E-state index in [-0.39, 0.29) is 22.4 Å². The summed E-state index contributed by atoms with van der Waals surface area (Å²) in [7, 11) is 0. The molecule has 0 aliphatic carbocycles. The third-order valence-electron chi connectivity index (χ3n) is 3.86. The molecule has 1 aromatic rings. The van der Waals surface area contributed by atoms with Crippen LogP contribution in [-0.2, 0) is 11.2 Å². The number of carbonyl (C=O) groups excluding carboxylic acids is 1. The van der Waals surface area contributed by atoms with E-state index >= 15 is 0 Å². The number of hydrogen-bond donors (Lipinski definition) is 0. The van der Waals surface area contributed by atoms with Crippen LogP contribution in [0.5, 0.6) is 0 Å². The molecule has 0 saturated carbocycles. The third kappa shape index (κ3) is 3.60. The van der Waals surface area contributed by atoms with Crippen LogP contribution in [0.2, 0.25) is 0 Å². The fourth-order valence-electron chi connectivity index (χ4n) is 3.03. The smallest absolute Gasteiger partial charge is 0.269 e. The normalized spacial score (nSPS) is 17.7. The van der Waals surface area contributed by atoms with Crippen LogP contribution in [0, 0.1) is 16.0 Å². The zero-order valence-corrected chi connectivity index (χ0v) is 12.8. The van der Waals surface area contributed by atoms with Crippen molar-refractivity contribution in [2.24, 2.45) is 5.92 Å². The number of aryl methyl sites for hydroxylation is 1. The molecular formula is C16H22N2O3. The zero-order chi connectivity index (χ0) is 15.6. The fraction of sp³-hybridized carbons (Fsp3) is 0.562. The Morgan fingerprint density at radius 2 is 2.19 bits per heavy atom. The maximum absolute atomic E-state index is 11.5. The first-order chi connectivity index (χ1) is 9.88. The van der Waals surface area contributed by atoms with Crippen LogP contribution in [0.25, 0.3) is 0 Å². The van der Waals surface area contributed by atoms with Crippen molar-refractivity contribution in [3.8, 4) is 0 Å². The molecule has 0 bridgehead atoms. The number of fused-ring (bicyclic) bond motifs is 1. The summed E-state index contributed by atoms with van der Waals surface area (Å²) in [6.07, 6.45) is 2.22. The minimum atomic E-state index is -0.352. The molecule has 1 heterocycles. The Morgan fingerprint density at radius 1 is 1.48 bits per heavy atom. The van der Waals surface area contributed by atoms with Gasteiger partial charge in [0.25, 0.3) is 5.69 Å². The summed E-state index contributed by atoms with van der Waals surface area (Å²) in [5, 5.41) is 10.9. The molecule has 0 saturated heterocycles. The van der Waals surface area contributed by atoms with E-state index in [0.29, 0.717) is 12.3 Å². The second kappa shape index (κ2) is 6.24. The van der Waals surface area contributed by atoms with Crippen molar-refractivity contribution >= 4 is 17.2 Å². The molecule has 5 heteroatoms. The number of nitro benzene ring substituents is 1. The fourth-order valence-corrected chi connectivity index (χ4v) is 3.03. The van der Waals surface area contributed by atoms with Crippen molar-refractivity contribution in [1.82, 2.24) is 0 Å². The molecule has 0 spiro atoms. The van der Waals surface area contributed by atoms with E-state index in [0.717, 1.165) is 30.6 Å². The molecule has 0 radical (unpaired) electrons. The number of rotatable bonds is 5. The van der Waals surface area contributed by atoms with Crippen molar-refractivity contribution in [2.45, 2.75) is 46.1 Å². The number of nitro groups is 1. The lowest BCUT2D eigenvalue weighted by atomic mass is 9.91. The lowest BCUT2D eigenvalue weighted by Crippen LogP contribution is -2.42. The van der Waals surface area contributed by atoms with Crippen molar-refractivity contribution in [3.63, 3.8) is 0 Å². The number of benzene rings is 1. The summed E-state index contributed by atoms with van der Waals surface area (Å²) in [5.41, 5.74) is 2.21. The summed E-state index contributed by atoms with van der Waals surface area (Å²) in [4.78, 5) is 24.3. The number of ketones is 1. The Labute approximate surface area is 125 Å². The van der Waals surface area contributed by atoms with Crippen LogP contribution < -0.4 is 4.90 Å². The van der Waals surface area contributed by atoms with E-state index in [2.05, 4.69) is 18.7 Å². The summed E-state index contributed by atoms with van der Waals surface area (Å²) >= 11 is 0. The average molecular weight is 290 g/mol. The number of Topliss-reactive ketones (excluding diaryl/α,β-unsaturated/α-hetero) is 1. The van der Waals surface area contributed by atoms with Crippen molar-refractivity contribution in [2.75, 3.05) is 11.4 Å². The van der Waals surface area contributed by atoms with E-state index < -0.39 is 0 Å². The first-order valence-corrected chi connectivity index (χ1v) is 7.42. The highest BCUT2D eigenvalue weighted by molar-refractivity contribution is 5.77. The number of carbonyl (C=O) groups is 1. The van der Waals surface area contributed by atoms with E-state index in [1.54, 1.807) is 19.1 Å². The maximum Gasteiger partial charge on any atom is 0.269 e. The number of nitrogens with zero attached hydrogens (tertiary/aromatic N) is 2. The third-order valence-corrected chi connectivity index (χ3v) is 3.86. The van der Waals surface area contributed by atoms with Crippen molar-refractivity contribution in [3.05, 3.63) is 33.9 Å². The van der Waals surface area contributed by atoms with Crippen molar-refractivity contribution in [1.29, 1.82) is 0 Å². The maximum atomic E-state index is 11.5. The summed E-state index contributed by atoms with van der Waals surface area (Å²) < 4.78 is 0. The molecule has 1 aliphatic heterocycles. The summed E-state index contributed by atoms with van der Waals surface area (Å²) in [5.74, 6) is 0.666. The molecule has 0 aromatic heterocycles. The highest BCUT2D eigenvalue weighted by Gasteiger charge is 2.28. The monoisotopic (exact) mass is 290 g/mol. The van der Waals surface area contributed by atoms with Gasteiger partial charge < -0.3 is 4.90 Å². The van der Waals surface area contributed by atoms with Gasteiger partial charge in [-0.05, 0) is 37.3 Å². The van der Waals surface area contributed by atoms with Gasteiger partial charge in [-0.3, -0.25) is 14.9 Å². The predicted octanol–water partition coefficient (Wildman–Crippen LogP) is 3.35. The molecule has 0 amide bonds. The Bertz CT molecular complexity index is 554. The predicted molar refractivity (Wildman–Crippen MR) is 82.7 cm³/mol. The molecule has 0 N–H and O–H groups in total. The van der Waals surface area contributed by atoms with E-state index in [9.17, 15) is 14.9 Å². The van der Waals surface area contributed by atoms with Gasteiger partial charge in [0, 0.05) is 36.8 Å². The van der Waals surface area contributed by atoms with Gasteiger partial charge in [-0.1, -0.05) is 13.8 Å². The largest absolute Gasteiger partial charge is 0.368 e. The number of anilines is 1. The minimum Gasteiger partial charge on any atom is -0.368 e. The van der Waals surface area contributed by atoms with Crippen LogP contribution in [0.1, 0.15) is 39.2 Å². The Morgan fingerprint density at radius 3 is 2.76 bits per heavy atom. The van der Waals surface area contributed by atoms with Gasteiger partial charge in [-0.25, -0.2) is 0 Å². The number of non-ortho nitro benzene ring substituents is 1. The first kappa shape index (κ1) is 15.5. The molecule has 0 unspecified atom stereocenters. The molecule has 1 aliphatic rings. The average Bonchev–Trinajstić information content (AvgIpc) is 2.39. The Hall–Kier alpha value is -1.91. The Balaban J connectivity index is 2.35. The van der Waals surface area contributed by atoms with Gasteiger partial charge in [0.2, 0.25) is 0 Å². The molecule has 0 fully saturated rings. The standard InChI is InChI=1S/C16H22N2O3/c1-11(2)10-17-14(8-12(3)19)5-4-13-9-15(18(20)21)6-7-16(13)17/h6-7,9,11,14H,4-5,8,10H2,1-3H3/t14-/m0/s1. The first-order valence-electron chi connectivity index (χ1n) is 7.42. The SMILES string of the molecule is CC(=O)C[C@@H]1CCc2cc([N+](=O)[O-])ccc2N1CC(C)C. The van der Waals surface area contributed by atoms with E-state index in [4.69, 9.17) is 0 Å². The molecule has 114 valence electrons. The van der Waals surface area contributed by atoms with Crippen LogP contribution >= 0.6 is 0 Å². The minimum absolute atomic E-state index is 0.142. The number of hydrogen-bond acceptors (Lipinski definition) is 4. The lowest BCUT2D eigenvalue weighted by Gasteiger charge is -2.39. The highest BCUT2D eigenvalue weighted by Crippen LogP contribution is 2.35. The van der Waals surface area contributed by atoms with Crippen LogP contribution in [0.4, 0.5) is 11.4 Å². The molecule has 2 rings (SSSR count). The van der Waals surface area contributed by atoms with Crippen LogP contribution in [0.15, 0.2) is 18.2 Å². The molecule has 21 heavy (non-hydrogen) atoms. The topological polar surface area (TPSA) is 63.4 Å². The molecular weight excluding hydrogens is 268 g/mol. The molecule has 1 atom stereocenters. The second-order valence-corrected chi connectivity index (χ2v) is 6.21. The van der Waals surface area contributed by atoms with Gasteiger partial charge in [0.1, 0.15) is 5.78 Å². The van der Waals surface area contributed by atoms with Crippen molar-refractivity contribution < 1.29 is 9.72 Å². The zero-order valence-electron chi connectivity index (χ0n) is 12.8. The van der Waals surface area contributed by atoms with Gasteiger partial charge in [0.15, 0.2) is 0 Å². The van der Waals surface area contributed by atoms with Gasteiger partial charge in [0.05, 0.1) is 4.92 Å². The van der Waals surface area contributed by atoms with Crippen LogP contribution in [-0.4, -0.2) is 23.3 Å². The van der Waals surface area contributed by atoms with Gasteiger partial charge in [-0.2, -0.15) is 0 Å². The van der Waals surface area contributed by atoms with E-state index in [1.165, 1.54) is 0 Å². The molecule has 5 nitrogen and oxygen atoms in total. The second-order valence-electron chi connectivity index (χ2n) is 6.21. The summed E-state index contributed by atoms with van der Waals surface area (Å²) in [6, 6.07) is 5.27. The highest BCUT2D eigenvalue weighted by atomic mass is 16.6. The quantitative estimate of drug-likeness (QED) is 0.616. The van der Waals surface area contributed by atoms with Gasteiger partial charge in [-0.15, -0.1) is 0 Å². The van der Waals surface area contributed by atoms with E-state index in [1.807, 2.05) is 6.07 Å². The summed E-state index contributed by atoms with van der Waals surface area (Å²) in [6.45, 7) is 6.77. The molecule has 1 aromatic carbocycles.